The molecule has 4 heterocycles. The number of fused-ring (bicyclic) bond motifs is 4. The lowest BCUT2D eigenvalue weighted by Crippen LogP contribution is -2.16. The number of aromatic nitrogens is 6. The molecule has 1 aliphatic heterocycles. The van der Waals surface area contributed by atoms with Gasteiger partial charge in [-0.25, -0.2) is 19.2 Å². The number of nitrogens with zero attached hydrogens (tertiary/aromatic N) is 7. The summed E-state index contributed by atoms with van der Waals surface area (Å²) in [6.45, 7) is 2.05. The molecule has 6 aromatic rings. The molecule has 0 bridgehead atoms. The van der Waals surface area contributed by atoms with Gasteiger partial charge in [-0.15, -0.1) is 5.10 Å². The van der Waals surface area contributed by atoms with E-state index >= 15 is 0 Å². The van der Waals surface area contributed by atoms with Crippen molar-refractivity contribution in [1.29, 1.82) is 0 Å². The number of aryl methyl sites for hydroxylation is 1. The van der Waals surface area contributed by atoms with Crippen LogP contribution in [0.3, 0.4) is 0 Å². The fraction of sp³-hybridized carbons (Fsp3) is 0.129. The largest absolute Gasteiger partial charge is 0.497 e. The Morgan fingerprint density at radius 2 is 1.76 bits per heavy atom. The van der Waals surface area contributed by atoms with Crippen molar-refractivity contribution in [2.45, 2.75) is 19.4 Å². The number of benzene rings is 3. The highest BCUT2D eigenvalue weighted by molar-refractivity contribution is 6.30. The van der Waals surface area contributed by atoms with E-state index in [0.29, 0.717) is 28.3 Å². The van der Waals surface area contributed by atoms with E-state index in [-0.39, 0.29) is 12.5 Å². The molecule has 0 saturated carbocycles. The molecule has 0 saturated heterocycles. The number of hydrogen-bond donors (Lipinski definition) is 0. The van der Waals surface area contributed by atoms with Gasteiger partial charge in [-0.2, -0.15) is 5.10 Å². The Kier molecular flexibility index (Phi) is 6.52. The Morgan fingerprint density at radius 3 is 2.52 bits per heavy atom. The van der Waals surface area contributed by atoms with E-state index in [1.807, 2.05) is 90.5 Å². The van der Waals surface area contributed by atoms with Gasteiger partial charge >= 0.3 is 0 Å². The van der Waals surface area contributed by atoms with Gasteiger partial charge < -0.3 is 14.3 Å². The first kappa shape index (κ1) is 25.7. The van der Waals surface area contributed by atoms with E-state index in [2.05, 4.69) is 15.2 Å². The van der Waals surface area contributed by atoms with E-state index < -0.39 is 0 Å². The topological polar surface area (TPSA) is 101 Å². The zero-order valence-corrected chi connectivity index (χ0v) is 23.4. The second-order valence-electron chi connectivity index (χ2n) is 9.68. The van der Waals surface area contributed by atoms with Crippen molar-refractivity contribution >= 4 is 23.5 Å². The number of rotatable bonds is 7. The Bertz CT molecular complexity index is 1920. The SMILES string of the molecule is COc1ccc(/C=N/OCc2nc3c4c(ncn3n2)Oc2c(c(C)nn2-c2ccccc2)[C@H]4c2ccc(Cl)cc2)cc1. The third-order valence-electron chi connectivity index (χ3n) is 7.05. The highest BCUT2D eigenvalue weighted by Gasteiger charge is 2.38. The summed E-state index contributed by atoms with van der Waals surface area (Å²) >= 11 is 6.27. The minimum absolute atomic E-state index is 0.0752. The van der Waals surface area contributed by atoms with Crippen LogP contribution in [0.1, 0.15) is 39.7 Å². The molecule has 11 heteroatoms. The highest BCUT2D eigenvalue weighted by atomic mass is 35.5. The molecule has 0 aliphatic carbocycles. The summed E-state index contributed by atoms with van der Waals surface area (Å²) in [6.07, 6.45) is 3.21. The average Bonchev–Trinajstić information content (AvgIpc) is 3.60. The first-order valence-corrected chi connectivity index (χ1v) is 13.6. The van der Waals surface area contributed by atoms with Crippen molar-refractivity contribution in [2.75, 3.05) is 7.11 Å². The molecule has 3 aromatic carbocycles. The van der Waals surface area contributed by atoms with E-state index in [0.717, 1.165) is 39.4 Å². The molecule has 1 aliphatic rings. The van der Waals surface area contributed by atoms with Crippen LogP contribution in [-0.4, -0.2) is 42.7 Å². The first-order valence-electron chi connectivity index (χ1n) is 13.2. The molecule has 3 aromatic heterocycles. The Labute approximate surface area is 245 Å². The number of halogens is 1. The molecule has 0 radical (unpaired) electrons. The van der Waals surface area contributed by atoms with Crippen LogP contribution in [0.4, 0.5) is 0 Å². The summed E-state index contributed by atoms with van der Waals surface area (Å²) in [6, 6.07) is 25.1. The number of methoxy groups -OCH3 is 1. The molecule has 7 rings (SSSR count). The third kappa shape index (κ3) is 4.61. The summed E-state index contributed by atoms with van der Waals surface area (Å²) in [4.78, 5) is 15.0. The number of hydrogen-bond acceptors (Lipinski definition) is 8. The molecule has 0 N–H and O–H groups in total. The monoisotopic (exact) mass is 577 g/mol. The Balaban J connectivity index is 1.27. The third-order valence-corrected chi connectivity index (χ3v) is 7.31. The van der Waals surface area contributed by atoms with Gasteiger partial charge in [-0.1, -0.05) is 47.1 Å². The zero-order chi connectivity index (χ0) is 28.6. The predicted octanol–water partition coefficient (Wildman–Crippen LogP) is 6.12. The Morgan fingerprint density at radius 1 is 0.976 bits per heavy atom. The van der Waals surface area contributed by atoms with E-state index in [9.17, 15) is 0 Å². The fourth-order valence-electron chi connectivity index (χ4n) is 5.10. The summed E-state index contributed by atoms with van der Waals surface area (Å²) < 4.78 is 15.1. The van der Waals surface area contributed by atoms with Crippen LogP contribution >= 0.6 is 11.6 Å². The lowest BCUT2D eigenvalue weighted by atomic mass is 9.84. The van der Waals surface area contributed by atoms with Crippen LogP contribution in [0.15, 0.2) is 90.3 Å². The molecule has 208 valence electrons. The fourth-order valence-corrected chi connectivity index (χ4v) is 5.23. The van der Waals surface area contributed by atoms with Crippen molar-refractivity contribution in [3.8, 4) is 23.2 Å². The van der Waals surface area contributed by atoms with Gasteiger partial charge in [0.05, 0.1) is 41.8 Å². The molecule has 1 atom stereocenters. The summed E-state index contributed by atoms with van der Waals surface area (Å²) in [5.74, 6) is 1.99. The molecular formula is C31H24ClN7O3. The van der Waals surface area contributed by atoms with Crippen molar-refractivity contribution in [2.24, 2.45) is 5.16 Å². The molecule has 0 unspecified atom stereocenters. The summed E-state index contributed by atoms with van der Waals surface area (Å²) in [5, 5.41) is 14.2. The number of oxime groups is 1. The first-order chi connectivity index (χ1) is 20.6. The van der Waals surface area contributed by atoms with E-state index in [1.165, 1.54) is 0 Å². The second kappa shape index (κ2) is 10.6. The van der Waals surface area contributed by atoms with Crippen LogP contribution in [0, 0.1) is 6.92 Å². The lowest BCUT2D eigenvalue weighted by Gasteiger charge is -2.26. The van der Waals surface area contributed by atoms with Gasteiger partial charge in [0.15, 0.2) is 18.1 Å². The number of para-hydroxylation sites is 1. The van der Waals surface area contributed by atoms with E-state index in [1.54, 1.807) is 24.2 Å². The molecule has 42 heavy (non-hydrogen) atoms. The maximum absolute atomic E-state index is 6.46. The van der Waals surface area contributed by atoms with Crippen LogP contribution in [0.2, 0.25) is 5.02 Å². The molecule has 0 amide bonds. The molecule has 0 fully saturated rings. The normalized spacial score (nSPS) is 14.0. The van der Waals surface area contributed by atoms with Crippen LogP contribution in [0.5, 0.6) is 17.5 Å². The van der Waals surface area contributed by atoms with Crippen molar-refractivity contribution in [3.63, 3.8) is 0 Å². The van der Waals surface area contributed by atoms with Gasteiger partial charge in [-0.05, 0) is 66.6 Å². The van der Waals surface area contributed by atoms with Gasteiger partial charge in [0.1, 0.15) is 12.1 Å². The van der Waals surface area contributed by atoms with Crippen molar-refractivity contribution in [3.05, 3.63) is 124 Å². The number of ether oxygens (including phenoxy) is 2. The van der Waals surface area contributed by atoms with Crippen LogP contribution in [0.25, 0.3) is 11.3 Å². The van der Waals surface area contributed by atoms with Crippen LogP contribution in [-0.2, 0) is 11.4 Å². The van der Waals surface area contributed by atoms with Gasteiger partial charge in [0, 0.05) is 5.02 Å². The highest BCUT2D eigenvalue weighted by Crippen LogP contribution is 2.49. The zero-order valence-electron chi connectivity index (χ0n) is 22.7. The van der Waals surface area contributed by atoms with E-state index in [4.69, 9.17) is 36.0 Å². The minimum Gasteiger partial charge on any atom is -0.497 e. The standard InChI is InChI=1S/C31H24ClN7O3/c1-19-26-27(21-10-12-22(32)13-11-21)28-29-35-25(17-41-34-16-20-8-14-24(40-2)15-9-20)37-38(29)18-33-30(28)42-31(26)39(36-19)23-6-4-3-5-7-23/h3-16,18,27H,17H2,1-2H3/b34-16+/t27-/m1/s1. The van der Waals surface area contributed by atoms with Crippen molar-refractivity contribution in [1.82, 2.24) is 29.4 Å². The van der Waals surface area contributed by atoms with Crippen molar-refractivity contribution < 1.29 is 14.3 Å². The second-order valence-corrected chi connectivity index (χ2v) is 10.1. The predicted molar refractivity (Wildman–Crippen MR) is 157 cm³/mol. The summed E-state index contributed by atoms with van der Waals surface area (Å²) in [5.41, 5.74) is 5.91. The maximum Gasteiger partial charge on any atom is 0.230 e. The quantitative estimate of drug-likeness (QED) is 0.166. The van der Waals surface area contributed by atoms with Gasteiger partial charge in [0.25, 0.3) is 0 Å². The average molecular weight is 578 g/mol. The molecule has 10 nitrogen and oxygen atoms in total. The van der Waals surface area contributed by atoms with Crippen LogP contribution < -0.4 is 9.47 Å². The molecule has 0 spiro atoms. The summed E-state index contributed by atoms with van der Waals surface area (Å²) in [7, 11) is 1.63. The minimum atomic E-state index is -0.277. The maximum atomic E-state index is 6.46. The lowest BCUT2D eigenvalue weighted by molar-refractivity contribution is 0.126. The smallest absolute Gasteiger partial charge is 0.230 e. The molecular weight excluding hydrogens is 554 g/mol. The van der Waals surface area contributed by atoms with Gasteiger partial charge in [0.2, 0.25) is 11.8 Å². The Hall–Kier alpha value is -5.22. The van der Waals surface area contributed by atoms with Gasteiger partial charge in [-0.3, -0.25) is 0 Å².